The van der Waals surface area contributed by atoms with Crippen molar-refractivity contribution in [1.82, 2.24) is 14.9 Å². The molecule has 1 aliphatic heterocycles. The van der Waals surface area contributed by atoms with Crippen LogP contribution in [0.3, 0.4) is 0 Å². The van der Waals surface area contributed by atoms with Crippen molar-refractivity contribution in [1.29, 1.82) is 0 Å². The molecule has 2 heterocycles. The first kappa shape index (κ1) is 15.4. The predicted molar refractivity (Wildman–Crippen MR) is 71.4 cm³/mol. The van der Waals surface area contributed by atoms with E-state index in [1.165, 1.54) is 4.57 Å². The average molecular weight is 289 g/mol. The maximum absolute atomic E-state index is 13.2. The molecule has 0 aromatic carbocycles. The van der Waals surface area contributed by atoms with Gasteiger partial charge in [-0.3, -0.25) is 0 Å². The molecule has 2 rings (SSSR count). The van der Waals surface area contributed by atoms with Gasteiger partial charge in [0.05, 0.1) is 5.69 Å². The maximum atomic E-state index is 13.2. The van der Waals surface area contributed by atoms with Gasteiger partial charge in [-0.1, -0.05) is 13.8 Å². The molecule has 0 saturated carbocycles. The number of halogens is 3. The van der Waals surface area contributed by atoms with E-state index in [4.69, 9.17) is 0 Å². The fourth-order valence-corrected chi connectivity index (χ4v) is 2.71. The molecule has 1 aliphatic rings. The summed E-state index contributed by atoms with van der Waals surface area (Å²) in [5, 5.41) is 3.08. The van der Waals surface area contributed by atoms with Gasteiger partial charge in [-0.25, -0.2) is 4.98 Å². The van der Waals surface area contributed by atoms with E-state index in [1.54, 1.807) is 0 Å². The summed E-state index contributed by atoms with van der Waals surface area (Å²) in [6.07, 6.45) is -2.10. The van der Waals surface area contributed by atoms with Crippen LogP contribution < -0.4 is 5.32 Å². The minimum atomic E-state index is -4.39. The SMILES string of the molecule is CC(C)CCC(C)n1c(C(F)(F)F)nc2c1CCNC2. The number of aromatic nitrogens is 2. The summed E-state index contributed by atoms with van der Waals surface area (Å²) < 4.78 is 41.0. The van der Waals surface area contributed by atoms with E-state index in [1.807, 2.05) is 6.92 Å². The Morgan fingerprint density at radius 3 is 2.55 bits per heavy atom. The fourth-order valence-electron chi connectivity index (χ4n) is 2.71. The van der Waals surface area contributed by atoms with Gasteiger partial charge in [0.25, 0.3) is 0 Å². The largest absolute Gasteiger partial charge is 0.449 e. The first-order chi connectivity index (χ1) is 9.30. The third-order valence-corrected chi connectivity index (χ3v) is 3.78. The molecule has 1 unspecified atom stereocenters. The normalized spacial score (nSPS) is 17.4. The number of rotatable bonds is 4. The van der Waals surface area contributed by atoms with Crippen LogP contribution in [0.15, 0.2) is 0 Å². The van der Waals surface area contributed by atoms with E-state index < -0.39 is 12.0 Å². The number of alkyl halides is 3. The quantitative estimate of drug-likeness (QED) is 0.918. The third kappa shape index (κ3) is 3.16. The summed E-state index contributed by atoms with van der Waals surface area (Å²) in [6, 6.07) is -0.164. The summed E-state index contributed by atoms with van der Waals surface area (Å²) in [5.74, 6) is -0.241. The van der Waals surface area contributed by atoms with Crippen LogP contribution in [-0.4, -0.2) is 16.1 Å². The molecule has 1 N–H and O–H groups in total. The van der Waals surface area contributed by atoms with Crippen molar-refractivity contribution < 1.29 is 13.2 Å². The van der Waals surface area contributed by atoms with E-state index in [0.717, 1.165) is 18.5 Å². The Bertz CT molecular complexity index is 463. The Hall–Kier alpha value is -1.04. The smallest absolute Gasteiger partial charge is 0.321 e. The first-order valence-electron chi connectivity index (χ1n) is 7.18. The Kier molecular flexibility index (Phi) is 4.42. The van der Waals surface area contributed by atoms with Gasteiger partial charge in [0, 0.05) is 31.2 Å². The van der Waals surface area contributed by atoms with Crippen molar-refractivity contribution in [3.8, 4) is 0 Å². The van der Waals surface area contributed by atoms with Crippen molar-refractivity contribution in [2.75, 3.05) is 6.54 Å². The van der Waals surface area contributed by atoms with E-state index in [9.17, 15) is 13.2 Å². The number of hydrogen-bond acceptors (Lipinski definition) is 2. The first-order valence-corrected chi connectivity index (χ1v) is 7.18. The zero-order valence-corrected chi connectivity index (χ0v) is 12.2. The minimum absolute atomic E-state index is 0.164. The number of nitrogens with one attached hydrogen (secondary N) is 1. The van der Waals surface area contributed by atoms with Crippen LogP contribution in [0.1, 0.15) is 56.9 Å². The van der Waals surface area contributed by atoms with Gasteiger partial charge >= 0.3 is 6.18 Å². The van der Waals surface area contributed by atoms with Crippen LogP contribution in [0, 0.1) is 5.92 Å². The lowest BCUT2D eigenvalue weighted by molar-refractivity contribution is -0.148. The highest BCUT2D eigenvalue weighted by atomic mass is 19.4. The third-order valence-electron chi connectivity index (χ3n) is 3.78. The van der Waals surface area contributed by atoms with Gasteiger partial charge < -0.3 is 9.88 Å². The highest BCUT2D eigenvalue weighted by Crippen LogP contribution is 2.34. The Morgan fingerprint density at radius 1 is 1.25 bits per heavy atom. The van der Waals surface area contributed by atoms with Gasteiger partial charge in [-0.05, 0) is 25.7 Å². The molecule has 0 saturated heterocycles. The minimum Gasteiger partial charge on any atom is -0.321 e. The second kappa shape index (κ2) is 5.76. The molecule has 1 aromatic heterocycles. The van der Waals surface area contributed by atoms with E-state index in [-0.39, 0.29) is 6.04 Å². The lowest BCUT2D eigenvalue weighted by Gasteiger charge is -2.23. The van der Waals surface area contributed by atoms with E-state index in [2.05, 4.69) is 24.1 Å². The fraction of sp³-hybridized carbons (Fsp3) is 0.786. The molecule has 3 nitrogen and oxygen atoms in total. The molecule has 0 radical (unpaired) electrons. The molecule has 0 spiro atoms. The van der Waals surface area contributed by atoms with Crippen LogP contribution >= 0.6 is 0 Å². The van der Waals surface area contributed by atoms with Crippen molar-refractivity contribution in [3.05, 3.63) is 17.2 Å². The molecule has 20 heavy (non-hydrogen) atoms. The number of hydrogen-bond donors (Lipinski definition) is 1. The standard InChI is InChI=1S/C14H22F3N3/c1-9(2)4-5-10(3)20-12-6-7-18-8-11(12)19-13(20)14(15,16)17/h9-10,18H,4-8H2,1-3H3. The summed E-state index contributed by atoms with van der Waals surface area (Å²) in [5.41, 5.74) is 1.31. The van der Waals surface area contributed by atoms with Crippen LogP contribution in [0.4, 0.5) is 13.2 Å². The number of nitrogens with zero attached hydrogens (tertiary/aromatic N) is 2. The zero-order valence-electron chi connectivity index (χ0n) is 12.2. The molecule has 0 bridgehead atoms. The monoisotopic (exact) mass is 289 g/mol. The van der Waals surface area contributed by atoms with Gasteiger partial charge in [0.1, 0.15) is 0 Å². The van der Waals surface area contributed by atoms with Crippen molar-refractivity contribution in [2.45, 2.75) is 58.8 Å². The second-order valence-electron chi connectivity index (χ2n) is 5.94. The number of imidazole rings is 1. The molecule has 0 aliphatic carbocycles. The summed E-state index contributed by atoms with van der Waals surface area (Å²) in [6.45, 7) is 7.19. The Balaban J connectivity index is 2.35. The molecule has 6 heteroatoms. The van der Waals surface area contributed by atoms with Crippen LogP contribution in [0.2, 0.25) is 0 Å². The summed E-state index contributed by atoms with van der Waals surface area (Å²) in [4.78, 5) is 3.85. The maximum Gasteiger partial charge on any atom is 0.449 e. The number of fused-ring (bicyclic) bond motifs is 1. The van der Waals surface area contributed by atoms with E-state index >= 15 is 0 Å². The van der Waals surface area contributed by atoms with Crippen molar-refractivity contribution >= 4 is 0 Å². The Labute approximate surface area is 117 Å². The molecule has 0 fully saturated rings. The van der Waals surface area contributed by atoms with Crippen LogP contribution in [0.25, 0.3) is 0 Å². The molecular weight excluding hydrogens is 267 g/mol. The van der Waals surface area contributed by atoms with Crippen molar-refractivity contribution in [2.24, 2.45) is 5.92 Å². The molecular formula is C14H22F3N3. The van der Waals surface area contributed by atoms with Gasteiger partial charge in [-0.15, -0.1) is 0 Å². The van der Waals surface area contributed by atoms with E-state index in [0.29, 0.717) is 31.1 Å². The molecule has 1 atom stereocenters. The molecule has 1 aromatic rings. The zero-order chi connectivity index (χ0) is 14.9. The van der Waals surface area contributed by atoms with Crippen molar-refractivity contribution in [3.63, 3.8) is 0 Å². The molecule has 0 amide bonds. The lowest BCUT2D eigenvalue weighted by atomic mass is 10.0. The topological polar surface area (TPSA) is 29.9 Å². The average Bonchev–Trinajstić information content (AvgIpc) is 2.75. The second-order valence-corrected chi connectivity index (χ2v) is 5.94. The van der Waals surface area contributed by atoms with Crippen LogP contribution in [-0.2, 0) is 19.1 Å². The Morgan fingerprint density at radius 2 is 1.95 bits per heavy atom. The summed E-state index contributed by atoms with van der Waals surface area (Å²) >= 11 is 0. The predicted octanol–water partition coefficient (Wildman–Crippen LogP) is 3.54. The molecule has 114 valence electrons. The highest BCUT2D eigenvalue weighted by Gasteiger charge is 2.40. The summed E-state index contributed by atoms with van der Waals surface area (Å²) in [7, 11) is 0. The van der Waals surface area contributed by atoms with Gasteiger partial charge in [-0.2, -0.15) is 13.2 Å². The van der Waals surface area contributed by atoms with Gasteiger partial charge in [0.2, 0.25) is 5.82 Å². The lowest BCUT2D eigenvalue weighted by Crippen LogP contribution is -2.26. The highest BCUT2D eigenvalue weighted by molar-refractivity contribution is 5.22. The van der Waals surface area contributed by atoms with Crippen LogP contribution in [0.5, 0.6) is 0 Å². The van der Waals surface area contributed by atoms with Gasteiger partial charge in [0.15, 0.2) is 0 Å².